The predicted molar refractivity (Wildman–Crippen MR) is 98.2 cm³/mol. The predicted octanol–water partition coefficient (Wildman–Crippen LogP) is 2.82. The van der Waals surface area contributed by atoms with E-state index in [1.165, 1.54) is 11.1 Å². The molecule has 1 saturated carbocycles. The Bertz CT molecular complexity index is 586. The van der Waals surface area contributed by atoms with Crippen LogP contribution in [-0.2, 0) is 4.79 Å². The van der Waals surface area contributed by atoms with Gasteiger partial charge in [-0.3, -0.25) is 4.79 Å². The molecule has 1 N–H and O–H groups in total. The second kappa shape index (κ2) is 7.29. The van der Waals surface area contributed by atoms with Gasteiger partial charge in [0.1, 0.15) is 0 Å². The minimum Gasteiger partial charge on any atom is -0.389 e. The van der Waals surface area contributed by atoms with Gasteiger partial charge in [-0.1, -0.05) is 24.8 Å². The van der Waals surface area contributed by atoms with Crippen molar-refractivity contribution in [2.75, 3.05) is 19.6 Å². The van der Waals surface area contributed by atoms with Crippen molar-refractivity contribution in [1.29, 1.82) is 0 Å². The van der Waals surface area contributed by atoms with E-state index in [9.17, 15) is 4.79 Å². The lowest BCUT2D eigenvalue weighted by Crippen LogP contribution is -2.35. The Labute approximate surface area is 145 Å². The van der Waals surface area contributed by atoms with E-state index >= 15 is 0 Å². The Hall–Kier alpha value is -1.97. The van der Waals surface area contributed by atoms with E-state index in [4.69, 9.17) is 0 Å². The van der Waals surface area contributed by atoms with Gasteiger partial charge in [0.2, 0.25) is 6.41 Å². The van der Waals surface area contributed by atoms with Crippen LogP contribution in [0, 0.1) is 5.92 Å². The molecule has 4 heteroatoms. The van der Waals surface area contributed by atoms with Gasteiger partial charge in [-0.2, -0.15) is 0 Å². The van der Waals surface area contributed by atoms with Crippen molar-refractivity contribution >= 4 is 6.41 Å². The fourth-order valence-corrected chi connectivity index (χ4v) is 3.63. The van der Waals surface area contributed by atoms with E-state index < -0.39 is 0 Å². The van der Waals surface area contributed by atoms with Gasteiger partial charge >= 0.3 is 0 Å². The Morgan fingerprint density at radius 1 is 1.50 bits per heavy atom. The van der Waals surface area contributed by atoms with Gasteiger partial charge in [0.05, 0.1) is 6.04 Å². The van der Waals surface area contributed by atoms with Crippen LogP contribution in [0.4, 0.5) is 0 Å². The molecule has 1 heterocycles. The third-order valence-corrected chi connectivity index (χ3v) is 5.08. The molecule has 0 aromatic rings. The van der Waals surface area contributed by atoms with Crippen molar-refractivity contribution in [2.45, 2.75) is 45.2 Å². The summed E-state index contributed by atoms with van der Waals surface area (Å²) < 4.78 is 0. The summed E-state index contributed by atoms with van der Waals surface area (Å²) in [4.78, 5) is 15.7. The fourth-order valence-electron chi connectivity index (χ4n) is 3.63. The van der Waals surface area contributed by atoms with Gasteiger partial charge in [0.15, 0.2) is 0 Å². The zero-order chi connectivity index (χ0) is 17.1. The molecule has 1 aliphatic heterocycles. The van der Waals surface area contributed by atoms with Crippen LogP contribution in [0.2, 0.25) is 0 Å². The third-order valence-electron chi connectivity index (χ3n) is 5.08. The molecule has 2 atom stereocenters. The largest absolute Gasteiger partial charge is 0.389 e. The number of hydrogen-bond acceptors (Lipinski definition) is 3. The van der Waals surface area contributed by atoms with E-state index in [1.54, 1.807) is 0 Å². The Morgan fingerprint density at radius 3 is 2.96 bits per heavy atom. The van der Waals surface area contributed by atoms with Crippen molar-refractivity contribution in [2.24, 2.45) is 5.92 Å². The van der Waals surface area contributed by atoms with Crippen LogP contribution in [0.15, 0.2) is 47.9 Å². The smallest absolute Gasteiger partial charge is 0.210 e. The maximum Gasteiger partial charge on any atom is 0.210 e. The summed E-state index contributed by atoms with van der Waals surface area (Å²) in [5, 5.41) is 3.30. The van der Waals surface area contributed by atoms with Gasteiger partial charge in [0.25, 0.3) is 0 Å². The monoisotopic (exact) mass is 327 g/mol. The minimum absolute atomic E-state index is 0.405. The summed E-state index contributed by atoms with van der Waals surface area (Å²) >= 11 is 0. The SMILES string of the molecule is C=C(C)NCCCN1C=C(C)C2C=CC(CN(C=O)C3CC3)=CC21. The summed E-state index contributed by atoms with van der Waals surface area (Å²) in [6.45, 7) is 10.8. The average molecular weight is 327 g/mol. The van der Waals surface area contributed by atoms with Crippen LogP contribution in [0.3, 0.4) is 0 Å². The molecule has 0 radical (unpaired) electrons. The standard InChI is InChI=1S/C20H29N3O/c1-15(2)21-9-4-10-22-12-16(3)19-8-5-17(11-20(19)22)13-23(14-24)18-6-7-18/h5,8,11-12,14,18-21H,1,4,6-7,9-10,13H2,2-3H3. The normalized spacial score (nSPS) is 25.0. The lowest BCUT2D eigenvalue weighted by atomic mass is 9.89. The average Bonchev–Trinajstić information content (AvgIpc) is 3.35. The molecule has 0 saturated heterocycles. The van der Waals surface area contributed by atoms with Crippen molar-refractivity contribution < 1.29 is 4.79 Å². The molecular weight excluding hydrogens is 298 g/mol. The number of carbonyl (C=O) groups is 1. The zero-order valence-electron chi connectivity index (χ0n) is 14.9. The van der Waals surface area contributed by atoms with E-state index in [2.05, 4.69) is 48.1 Å². The summed E-state index contributed by atoms with van der Waals surface area (Å²) in [6, 6.07) is 0.879. The highest BCUT2D eigenvalue weighted by Crippen LogP contribution is 2.35. The highest BCUT2D eigenvalue weighted by Gasteiger charge is 2.33. The topological polar surface area (TPSA) is 35.6 Å². The molecule has 3 aliphatic rings. The molecule has 2 unspecified atom stereocenters. The first kappa shape index (κ1) is 16.9. The van der Waals surface area contributed by atoms with Crippen LogP contribution in [0.25, 0.3) is 0 Å². The molecule has 3 rings (SSSR count). The first-order valence-corrected chi connectivity index (χ1v) is 9.02. The van der Waals surface area contributed by atoms with E-state index in [0.29, 0.717) is 18.0 Å². The van der Waals surface area contributed by atoms with Gasteiger partial charge in [-0.15, -0.1) is 0 Å². The van der Waals surface area contributed by atoms with Crippen molar-refractivity contribution in [3.8, 4) is 0 Å². The zero-order valence-corrected chi connectivity index (χ0v) is 14.9. The van der Waals surface area contributed by atoms with Crippen molar-refractivity contribution in [3.63, 3.8) is 0 Å². The fraction of sp³-hybridized carbons (Fsp3) is 0.550. The molecule has 2 aliphatic carbocycles. The number of nitrogens with zero attached hydrogens (tertiary/aromatic N) is 2. The molecule has 24 heavy (non-hydrogen) atoms. The number of carbonyl (C=O) groups excluding carboxylic acids is 1. The van der Waals surface area contributed by atoms with Gasteiger partial charge in [-0.25, -0.2) is 0 Å². The molecule has 0 spiro atoms. The molecule has 1 amide bonds. The number of amides is 1. The summed E-state index contributed by atoms with van der Waals surface area (Å²) in [7, 11) is 0. The second-order valence-corrected chi connectivity index (χ2v) is 7.30. The molecule has 0 aromatic heterocycles. The molecule has 0 bridgehead atoms. The van der Waals surface area contributed by atoms with E-state index in [1.807, 2.05) is 11.8 Å². The lowest BCUT2D eigenvalue weighted by molar-refractivity contribution is -0.118. The molecule has 0 aromatic carbocycles. The van der Waals surface area contributed by atoms with Gasteiger partial charge in [-0.05, 0) is 50.5 Å². The van der Waals surface area contributed by atoms with Crippen LogP contribution >= 0.6 is 0 Å². The van der Waals surface area contributed by atoms with Crippen LogP contribution in [-0.4, -0.2) is 47.9 Å². The van der Waals surface area contributed by atoms with Crippen LogP contribution < -0.4 is 5.32 Å². The number of nitrogens with one attached hydrogen (secondary N) is 1. The summed E-state index contributed by atoms with van der Waals surface area (Å²) in [5.41, 5.74) is 3.72. The molecule has 4 nitrogen and oxygen atoms in total. The minimum atomic E-state index is 0.405. The van der Waals surface area contributed by atoms with Gasteiger partial charge < -0.3 is 15.1 Å². The second-order valence-electron chi connectivity index (χ2n) is 7.30. The number of hydrogen-bond donors (Lipinski definition) is 1. The Morgan fingerprint density at radius 2 is 2.29 bits per heavy atom. The molecule has 1 fully saturated rings. The lowest BCUT2D eigenvalue weighted by Gasteiger charge is -2.30. The first-order chi connectivity index (χ1) is 11.6. The maximum atomic E-state index is 11.3. The third kappa shape index (κ3) is 3.92. The highest BCUT2D eigenvalue weighted by molar-refractivity contribution is 5.50. The van der Waals surface area contributed by atoms with Crippen molar-refractivity contribution in [3.05, 3.63) is 47.9 Å². The first-order valence-electron chi connectivity index (χ1n) is 9.02. The van der Waals surface area contributed by atoms with Crippen LogP contribution in [0.5, 0.6) is 0 Å². The van der Waals surface area contributed by atoms with Gasteiger partial charge in [0, 0.05) is 37.3 Å². The summed E-state index contributed by atoms with van der Waals surface area (Å²) in [6.07, 6.45) is 13.6. The van der Waals surface area contributed by atoms with E-state index in [-0.39, 0.29) is 0 Å². The van der Waals surface area contributed by atoms with E-state index in [0.717, 1.165) is 51.0 Å². The molecule has 130 valence electrons. The number of rotatable bonds is 9. The maximum absolute atomic E-state index is 11.3. The quantitative estimate of drug-likeness (QED) is 0.522. The molecular formula is C20H29N3O. The summed E-state index contributed by atoms with van der Waals surface area (Å²) in [5.74, 6) is 0.480. The van der Waals surface area contributed by atoms with Crippen LogP contribution in [0.1, 0.15) is 33.1 Å². The Balaban J connectivity index is 1.59. The number of allylic oxidation sites excluding steroid dienone is 1. The van der Waals surface area contributed by atoms with Crippen molar-refractivity contribution in [1.82, 2.24) is 15.1 Å². The number of fused-ring (bicyclic) bond motifs is 1. The highest BCUT2D eigenvalue weighted by atomic mass is 16.1. The Kier molecular flexibility index (Phi) is 5.12.